The van der Waals surface area contributed by atoms with Gasteiger partial charge in [0.25, 0.3) is 0 Å². The molecule has 0 fully saturated rings. The number of carbonyl (C=O) groups excluding carboxylic acids is 1. The quantitative estimate of drug-likeness (QED) is 0.790. The van der Waals surface area contributed by atoms with Crippen LogP contribution in [0.4, 0.5) is 15.8 Å². The summed E-state index contributed by atoms with van der Waals surface area (Å²) in [7, 11) is 0. The first-order valence-corrected chi connectivity index (χ1v) is 6.17. The summed E-state index contributed by atoms with van der Waals surface area (Å²) in [6.45, 7) is -0.0237. The monoisotopic (exact) mass is 288 g/mol. The summed E-state index contributed by atoms with van der Waals surface area (Å²) in [5.41, 5.74) is 1.14. The highest BCUT2D eigenvalue weighted by atomic mass is 19.1. The van der Waals surface area contributed by atoms with Crippen LogP contribution >= 0.6 is 0 Å². The van der Waals surface area contributed by atoms with Crippen LogP contribution < -0.4 is 10.6 Å². The molecule has 108 valence electrons. The minimum atomic E-state index is -1.03. The molecular formula is C15H13FN2O3. The number of carboxylic acids is 1. The Morgan fingerprint density at radius 2 is 1.76 bits per heavy atom. The predicted molar refractivity (Wildman–Crippen MR) is 76.9 cm³/mol. The highest BCUT2D eigenvalue weighted by Gasteiger charge is 2.05. The van der Waals surface area contributed by atoms with Crippen molar-refractivity contribution in [2.24, 2.45) is 0 Å². The SMILES string of the molecule is O=C(CNc1cccc(F)c1)Nc1ccc(C(=O)O)cc1. The van der Waals surface area contributed by atoms with Crippen molar-refractivity contribution in [3.63, 3.8) is 0 Å². The Kier molecular flexibility index (Phi) is 4.50. The van der Waals surface area contributed by atoms with Crippen molar-refractivity contribution in [2.45, 2.75) is 0 Å². The van der Waals surface area contributed by atoms with Gasteiger partial charge in [-0.1, -0.05) is 6.07 Å². The first-order chi connectivity index (χ1) is 10.0. The fourth-order valence-electron chi connectivity index (χ4n) is 1.68. The van der Waals surface area contributed by atoms with Gasteiger partial charge in [-0.15, -0.1) is 0 Å². The average Bonchev–Trinajstić information content (AvgIpc) is 2.46. The number of anilines is 2. The molecule has 0 aliphatic carbocycles. The summed E-state index contributed by atoms with van der Waals surface area (Å²) >= 11 is 0. The Hall–Kier alpha value is -2.89. The molecule has 0 saturated carbocycles. The van der Waals surface area contributed by atoms with Crippen LogP contribution in [-0.4, -0.2) is 23.5 Å². The topological polar surface area (TPSA) is 78.4 Å². The largest absolute Gasteiger partial charge is 0.478 e. The molecule has 1 amide bonds. The Labute approximate surface area is 120 Å². The Morgan fingerprint density at radius 3 is 2.38 bits per heavy atom. The van der Waals surface area contributed by atoms with Crippen LogP contribution in [0.3, 0.4) is 0 Å². The molecule has 0 atom stereocenters. The smallest absolute Gasteiger partial charge is 0.335 e. The van der Waals surface area contributed by atoms with Gasteiger partial charge in [0.2, 0.25) is 5.91 Å². The lowest BCUT2D eigenvalue weighted by molar-refractivity contribution is -0.114. The van der Waals surface area contributed by atoms with E-state index in [2.05, 4.69) is 10.6 Å². The van der Waals surface area contributed by atoms with Gasteiger partial charge in [0.05, 0.1) is 12.1 Å². The number of hydrogen-bond acceptors (Lipinski definition) is 3. The Bertz CT molecular complexity index is 656. The molecule has 0 heterocycles. The second-order valence-corrected chi connectivity index (χ2v) is 4.29. The van der Waals surface area contributed by atoms with Gasteiger partial charge >= 0.3 is 5.97 Å². The number of nitrogens with one attached hydrogen (secondary N) is 2. The van der Waals surface area contributed by atoms with Crippen LogP contribution in [0.1, 0.15) is 10.4 Å². The number of benzene rings is 2. The van der Waals surface area contributed by atoms with E-state index in [0.717, 1.165) is 0 Å². The van der Waals surface area contributed by atoms with Gasteiger partial charge in [-0.2, -0.15) is 0 Å². The van der Waals surface area contributed by atoms with Gasteiger partial charge in [-0.3, -0.25) is 4.79 Å². The molecule has 5 nitrogen and oxygen atoms in total. The summed E-state index contributed by atoms with van der Waals surface area (Å²) in [6, 6.07) is 11.6. The molecule has 2 rings (SSSR count). The maximum Gasteiger partial charge on any atom is 0.335 e. The van der Waals surface area contributed by atoms with E-state index < -0.39 is 5.97 Å². The minimum Gasteiger partial charge on any atom is -0.478 e. The Morgan fingerprint density at radius 1 is 1.05 bits per heavy atom. The molecule has 0 aliphatic rings. The van der Waals surface area contributed by atoms with Crippen LogP contribution in [0, 0.1) is 5.82 Å². The van der Waals surface area contributed by atoms with E-state index in [4.69, 9.17) is 5.11 Å². The number of carboxylic acid groups (broad SMARTS) is 1. The first kappa shape index (κ1) is 14.5. The minimum absolute atomic E-state index is 0.0237. The van der Waals surface area contributed by atoms with Crippen LogP contribution in [0.15, 0.2) is 48.5 Å². The van der Waals surface area contributed by atoms with Gasteiger partial charge in [0.15, 0.2) is 0 Å². The third kappa shape index (κ3) is 4.31. The van der Waals surface area contributed by atoms with Crippen molar-refractivity contribution in [3.8, 4) is 0 Å². The molecule has 21 heavy (non-hydrogen) atoms. The van der Waals surface area contributed by atoms with E-state index in [-0.39, 0.29) is 23.8 Å². The fraction of sp³-hybridized carbons (Fsp3) is 0.0667. The highest BCUT2D eigenvalue weighted by Crippen LogP contribution is 2.11. The van der Waals surface area contributed by atoms with E-state index >= 15 is 0 Å². The van der Waals surface area contributed by atoms with Crippen LogP contribution in [0.2, 0.25) is 0 Å². The molecule has 0 saturated heterocycles. The third-order valence-electron chi connectivity index (χ3n) is 2.69. The highest BCUT2D eigenvalue weighted by molar-refractivity contribution is 5.94. The van der Waals surface area contributed by atoms with Gasteiger partial charge in [-0.05, 0) is 42.5 Å². The van der Waals surface area contributed by atoms with E-state index in [1.807, 2.05) is 0 Å². The van der Waals surface area contributed by atoms with Crippen molar-refractivity contribution < 1.29 is 19.1 Å². The number of hydrogen-bond donors (Lipinski definition) is 3. The van der Waals surface area contributed by atoms with Crippen molar-refractivity contribution in [3.05, 3.63) is 59.9 Å². The van der Waals surface area contributed by atoms with Crippen molar-refractivity contribution in [1.29, 1.82) is 0 Å². The average molecular weight is 288 g/mol. The first-order valence-electron chi connectivity index (χ1n) is 6.17. The lowest BCUT2D eigenvalue weighted by Gasteiger charge is -2.08. The lowest BCUT2D eigenvalue weighted by atomic mass is 10.2. The number of aromatic carboxylic acids is 1. The molecule has 6 heteroatoms. The predicted octanol–water partition coefficient (Wildman–Crippen LogP) is 2.57. The zero-order chi connectivity index (χ0) is 15.2. The van der Waals surface area contributed by atoms with Gasteiger partial charge < -0.3 is 15.7 Å². The molecule has 0 aromatic heterocycles. The number of amides is 1. The lowest BCUT2D eigenvalue weighted by Crippen LogP contribution is -2.21. The fourth-order valence-corrected chi connectivity index (χ4v) is 1.68. The zero-order valence-electron chi connectivity index (χ0n) is 11.0. The summed E-state index contributed by atoms with van der Waals surface area (Å²) < 4.78 is 13.0. The van der Waals surface area contributed by atoms with Crippen LogP contribution in [0.5, 0.6) is 0 Å². The van der Waals surface area contributed by atoms with Crippen molar-refractivity contribution in [1.82, 2.24) is 0 Å². The maximum absolute atomic E-state index is 13.0. The summed E-state index contributed by atoms with van der Waals surface area (Å²) in [4.78, 5) is 22.4. The maximum atomic E-state index is 13.0. The summed E-state index contributed by atoms with van der Waals surface area (Å²) in [5.74, 6) is -1.73. The van der Waals surface area contributed by atoms with Gasteiger partial charge in [0.1, 0.15) is 5.82 Å². The normalized spacial score (nSPS) is 9.95. The van der Waals surface area contributed by atoms with Crippen molar-refractivity contribution in [2.75, 3.05) is 17.2 Å². The molecule has 0 unspecified atom stereocenters. The third-order valence-corrected chi connectivity index (χ3v) is 2.69. The van der Waals surface area contributed by atoms with E-state index in [9.17, 15) is 14.0 Å². The summed E-state index contributed by atoms with van der Waals surface area (Å²) in [6.07, 6.45) is 0. The molecule has 2 aromatic rings. The second kappa shape index (κ2) is 6.51. The van der Waals surface area contributed by atoms with Gasteiger partial charge in [0, 0.05) is 11.4 Å². The summed E-state index contributed by atoms with van der Waals surface area (Å²) in [5, 5.41) is 14.2. The molecule has 0 radical (unpaired) electrons. The van der Waals surface area contributed by atoms with E-state index in [1.54, 1.807) is 12.1 Å². The van der Waals surface area contributed by atoms with Crippen LogP contribution in [-0.2, 0) is 4.79 Å². The molecular weight excluding hydrogens is 275 g/mol. The molecule has 0 spiro atoms. The van der Waals surface area contributed by atoms with Crippen molar-refractivity contribution >= 4 is 23.3 Å². The second-order valence-electron chi connectivity index (χ2n) is 4.29. The standard InChI is InChI=1S/C15H13FN2O3/c16-11-2-1-3-13(8-11)17-9-14(19)18-12-6-4-10(5-7-12)15(20)21/h1-8,17H,9H2,(H,18,19)(H,20,21). The molecule has 0 bridgehead atoms. The van der Waals surface area contributed by atoms with Gasteiger partial charge in [-0.25, -0.2) is 9.18 Å². The van der Waals surface area contributed by atoms with E-state index in [1.165, 1.54) is 36.4 Å². The number of rotatable bonds is 5. The molecule has 3 N–H and O–H groups in total. The van der Waals surface area contributed by atoms with Crippen LogP contribution in [0.25, 0.3) is 0 Å². The van der Waals surface area contributed by atoms with E-state index in [0.29, 0.717) is 11.4 Å². The number of carbonyl (C=O) groups is 2. The number of halogens is 1. The molecule has 0 aliphatic heterocycles. The molecule has 2 aromatic carbocycles. The zero-order valence-corrected chi connectivity index (χ0v) is 11.0. The Balaban J connectivity index is 1.88.